The van der Waals surface area contributed by atoms with E-state index in [-0.39, 0.29) is 0 Å². The van der Waals surface area contributed by atoms with E-state index in [1.54, 1.807) is 11.3 Å². The van der Waals surface area contributed by atoms with Gasteiger partial charge in [-0.3, -0.25) is 0 Å². The first kappa shape index (κ1) is 10.3. The summed E-state index contributed by atoms with van der Waals surface area (Å²) in [6, 6.07) is 0.360. The van der Waals surface area contributed by atoms with Crippen LogP contribution in [0.2, 0.25) is 0 Å². The summed E-state index contributed by atoms with van der Waals surface area (Å²) in [5.41, 5.74) is 1.03. The number of aryl methyl sites for hydroxylation is 2. The summed E-state index contributed by atoms with van der Waals surface area (Å²) in [6.07, 6.45) is 0. The molecule has 0 aromatic carbocycles. The lowest BCUT2D eigenvalue weighted by molar-refractivity contribution is 0.587. The topological polar surface area (TPSA) is 43.6 Å². The maximum absolute atomic E-state index is 4.43. The van der Waals surface area contributed by atoms with E-state index >= 15 is 0 Å². The molecule has 0 amide bonds. The summed E-state index contributed by atoms with van der Waals surface area (Å²) in [5, 5.41) is 11.3. The van der Waals surface area contributed by atoms with Gasteiger partial charge in [0.25, 0.3) is 0 Å². The first-order chi connectivity index (χ1) is 7.09. The van der Waals surface area contributed by atoms with Gasteiger partial charge in [0.2, 0.25) is 0 Å². The van der Waals surface area contributed by atoms with Crippen LogP contribution in [0.25, 0.3) is 10.8 Å². The van der Waals surface area contributed by atoms with Crippen molar-refractivity contribution in [2.24, 2.45) is 0 Å². The molecule has 0 atom stereocenters. The average Bonchev–Trinajstić information content (AvgIpc) is 2.71. The molecular formula is C10H14N4S. The Kier molecular flexibility index (Phi) is 2.56. The minimum Gasteiger partial charge on any atom is -0.307 e. The van der Waals surface area contributed by atoms with E-state index in [1.807, 2.05) is 19.2 Å². The molecule has 0 aliphatic heterocycles. The van der Waals surface area contributed by atoms with Gasteiger partial charge in [-0.25, -0.2) is 4.98 Å². The molecule has 0 spiro atoms. The Morgan fingerprint density at radius 3 is 2.53 bits per heavy atom. The fourth-order valence-corrected chi connectivity index (χ4v) is 2.37. The SMILES string of the molecule is Cc1csc(-c2nnc(C)n2C(C)C)n1. The molecule has 0 saturated carbocycles. The van der Waals surface area contributed by atoms with Crippen LogP contribution in [0, 0.1) is 13.8 Å². The summed E-state index contributed by atoms with van der Waals surface area (Å²) in [6.45, 7) is 8.21. The Bertz CT molecular complexity index is 469. The summed E-state index contributed by atoms with van der Waals surface area (Å²) >= 11 is 1.61. The smallest absolute Gasteiger partial charge is 0.193 e. The second-order valence-corrected chi connectivity index (χ2v) is 4.69. The predicted molar refractivity (Wildman–Crippen MR) is 61.0 cm³/mol. The summed E-state index contributed by atoms with van der Waals surface area (Å²) in [7, 11) is 0. The molecule has 2 aromatic rings. The zero-order valence-corrected chi connectivity index (χ0v) is 10.2. The van der Waals surface area contributed by atoms with Crippen LogP contribution in [0.4, 0.5) is 0 Å². The van der Waals surface area contributed by atoms with Crippen molar-refractivity contribution >= 4 is 11.3 Å². The zero-order valence-electron chi connectivity index (χ0n) is 9.35. The van der Waals surface area contributed by atoms with Crippen LogP contribution >= 0.6 is 11.3 Å². The largest absolute Gasteiger partial charge is 0.307 e. The van der Waals surface area contributed by atoms with Crippen LogP contribution in [0.15, 0.2) is 5.38 Å². The number of nitrogens with zero attached hydrogens (tertiary/aromatic N) is 4. The lowest BCUT2D eigenvalue weighted by Gasteiger charge is -2.10. The molecule has 5 heteroatoms. The zero-order chi connectivity index (χ0) is 11.0. The average molecular weight is 222 g/mol. The third-order valence-electron chi connectivity index (χ3n) is 2.19. The van der Waals surface area contributed by atoms with Gasteiger partial charge in [0, 0.05) is 17.1 Å². The van der Waals surface area contributed by atoms with Gasteiger partial charge in [-0.15, -0.1) is 21.5 Å². The minimum absolute atomic E-state index is 0.360. The van der Waals surface area contributed by atoms with Gasteiger partial charge in [-0.2, -0.15) is 0 Å². The Morgan fingerprint density at radius 1 is 1.27 bits per heavy atom. The molecule has 0 radical (unpaired) electrons. The predicted octanol–water partition coefficient (Wildman–Crippen LogP) is 2.60. The molecule has 2 heterocycles. The number of aromatic nitrogens is 4. The third kappa shape index (κ3) is 1.79. The van der Waals surface area contributed by atoms with Gasteiger partial charge < -0.3 is 4.57 Å². The highest BCUT2D eigenvalue weighted by molar-refractivity contribution is 7.13. The van der Waals surface area contributed by atoms with Crippen molar-refractivity contribution in [2.75, 3.05) is 0 Å². The Balaban J connectivity index is 2.53. The van der Waals surface area contributed by atoms with E-state index in [1.165, 1.54) is 0 Å². The van der Waals surface area contributed by atoms with Gasteiger partial charge in [0.05, 0.1) is 0 Å². The summed E-state index contributed by atoms with van der Waals surface area (Å²) in [5.74, 6) is 1.81. The van der Waals surface area contributed by atoms with Crippen LogP contribution in [0.3, 0.4) is 0 Å². The molecule has 4 nitrogen and oxygen atoms in total. The lowest BCUT2D eigenvalue weighted by atomic mass is 10.3. The number of rotatable bonds is 2. The second-order valence-electron chi connectivity index (χ2n) is 3.83. The number of hydrogen-bond donors (Lipinski definition) is 0. The molecule has 2 aromatic heterocycles. The molecule has 15 heavy (non-hydrogen) atoms. The molecule has 80 valence electrons. The maximum atomic E-state index is 4.43. The van der Waals surface area contributed by atoms with Crippen molar-refractivity contribution in [1.82, 2.24) is 19.7 Å². The number of hydrogen-bond acceptors (Lipinski definition) is 4. The fraction of sp³-hybridized carbons (Fsp3) is 0.500. The first-order valence-corrected chi connectivity index (χ1v) is 5.81. The lowest BCUT2D eigenvalue weighted by Crippen LogP contribution is -2.05. The Hall–Kier alpha value is -1.23. The molecule has 2 rings (SSSR count). The molecule has 0 saturated heterocycles. The van der Waals surface area contributed by atoms with Crippen molar-refractivity contribution < 1.29 is 0 Å². The van der Waals surface area contributed by atoms with Crippen molar-refractivity contribution in [3.8, 4) is 10.8 Å². The number of thiazole rings is 1. The highest BCUT2D eigenvalue weighted by atomic mass is 32.1. The van der Waals surface area contributed by atoms with Gasteiger partial charge in [-0.1, -0.05) is 0 Å². The molecule has 0 fully saturated rings. The van der Waals surface area contributed by atoms with E-state index < -0.39 is 0 Å². The monoisotopic (exact) mass is 222 g/mol. The second kappa shape index (κ2) is 3.73. The maximum Gasteiger partial charge on any atom is 0.193 e. The fourth-order valence-electron chi connectivity index (χ4n) is 1.59. The molecule has 0 bridgehead atoms. The van der Waals surface area contributed by atoms with Crippen molar-refractivity contribution in [3.05, 3.63) is 16.9 Å². The summed E-state index contributed by atoms with van der Waals surface area (Å²) < 4.78 is 2.11. The third-order valence-corrected chi connectivity index (χ3v) is 3.15. The van der Waals surface area contributed by atoms with Crippen LogP contribution in [-0.4, -0.2) is 19.7 Å². The van der Waals surface area contributed by atoms with E-state index in [4.69, 9.17) is 0 Å². The standard InChI is InChI=1S/C10H14N4S/c1-6(2)14-8(4)12-13-9(14)10-11-7(3)5-15-10/h5-6H,1-4H3. The molecule has 0 unspecified atom stereocenters. The van der Waals surface area contributed by atoms with Gasteiger partial charge in [0.1, 0.15) is 5.82 Å². The molecule has 0 N–H and O–H groups in total. The van der Waals surface area contributed by atoms with Crippen LogP contribution in [0.5, 0.6) is 0 Å². The van der Waals surface area contributed by atoms with Crippen molar-refractivity contribution in [1.29, 1.82) is 0 Å². The quantitative estimate of drug-likeness (QED) is 0.784. The van der Waals surface area contributed by atoms with E-state index in [2.05, 4.69) is 33.6 Å². The highest BCUT2D eigenvalue weighted by Crippen LogP contribution is 2.24. The molecular weight excluding hydrogens is 208 g/mol. The van der Waals surface area contributed by atoms with Crippen molar-refractivity contribution in [2.45, 2.75) is 33.7 Å². The first-order valence-electron chi connectivity index (χ1n) is 4.93. The Labute approximate surface area is 93.0 Å². The highest BCUT2D eigenvalue weighted by Gasteiger charge is 2.15. The van der Waals surface area contributed by atoms with Crippen LogP contribution < -0.4 is 0 Å². The van der Waals surface area contributed by atoms with E-state index in [0.717, 1.165) is 22.4 Å². The van der Waals surface area contributed by atoms with Crippen LogP contribution in [-0.2, 0) is 0 Å². The summed E-state index contributed by atoms with van der Waals surface area (Å²) in [4.78, 5) is 4.43. The van der Waals surface area contributed by atoms with Gasteiger partial charge in [0.15, 0.2) is 10.8 Å². The van der Waals surface area contributed by atoms with Gasteiger partial charge in [-0.05, 0) is 27.7 Å². The van der Waals surface area contributed by atoms with Gasteiger partial charge >= 0.3 is 0 Å². The molecule has 0 aliphatic rings. The van der Waals surface area contributed by atoms with E-state index in [0.29, 0.717) is 6.04 Å². The molecule has 0 aliphatic carbocycles. The normalized spacial score (nSPS) is 11.3. The Morgan fingerprint density at radius 2 is 2.00 bits per heavy atom. The van der Waals surface area contributed by atoms with E-state index in [9.17, 15) is 0 Å². The van der Waals surface area contributed by atoms with Crippen LogP contribution in [0.1, 0.15) is 31.4 Å². The minimum atomic E-state index is 0.360. The van der Waals surface area contributed by atoms with Crippen molar-refractivity contribution in [3.63, 3.8) is 0 Å².